The molecule has 1 unspecified atom stereocenters. The molecule has 0 aliphatic carbocycles. The zero-order chi connectivity index (χ0) is 14.7. The largest absolute Gasteiger partial charge is 0.747 e. The van der Waals surface area contributed by atoms with E-state index in [1.807, 2.05) is 0 Å². The van der Waals surface area contributed by atoms with Gasteiger partial charge in [-0.1, -0.05) is 29.8 Å². The van der Waals surface area contributed by atoms with Gasteiger partial charge in [-0.05, 0) is 12.1 Å². The summed E-state index contributed by atoms with van der Waals surface area (Å²) in [5.41, 5.74) is 0.590. The molecular formula is C12H8ClNO5P+. The maximum Gasteiger partial charge on any atom is 0.747 e. The van der Waals surface area contributed by atoms with Gasteiger partial charge in [-0.2, -0.15) is 0 Å². The van der Waals surface area contributed by atoms with E-state index in [4.69, 9.17) is 21.0 Å². The molecule has 0 saturated heterocycles. The minimum Gasteiger partial charge on any atom is -0.258 e. The number of benzene rings is 2. The van der Waals surface area contributed by atoms with E-state index in [-0.39, 0.29) is 17.0 Å². The first kappa shape index (κ1) is 14.4. The Morgan fingerprint density at radius 1 is 1.20 bits per heavy atom. The van der Waals surface area contributed by atoms with Crippen molar-refractivity contribution in [2.24, 2.45) is 0 Å². The number of hydrogen-bond acceptors (Lipinski definition) is 4. The minimum absolute atomic E-state index is 0.0484. The Morgan fingerprint density at radius 3 is 2.50 bits per heavy atom. The van der Waals surface area contributed by atoms with Gasteiger partial charge in [-0.3, -0.25) is 10.1 Å². The van der Waals surface area contributed by atoms with E-state index in [9.17, 15) is 14.7 Å². The van der Waals surface area contributed by atoms with Crippen molar-refractivity contribution < 1.29 is 18.9 Å². The van der Waals surface area contributed by atoms with Gasteiger partial charge in [-0.15, -0.1) is 4.89 Å². The number of halogens is 1. The summed E-state index contributed by atoms with van der Waals surface area (Å²) in [7, 11) is -2.88. The molecule has 102 valence electrons. The third-order valence-corrected chi connectivity index (χ3v) is 3.20. The molecule has 6 nitrogen and oxygen atoms in total. The smallest absolute Gasteiger partial charge is 0.258 e. The van der Waals surface area contributed by atoms with Crippen LogP contribution in [-0.2, 0) is 4.57 Å². The highest BCUT2D eigenvalue weighted by Gasteiger charge is 2.22. The van der Waals surface area contributed by atoms with Crippen LogP contribution in [0.25, 0.3) is 11.1 Å². The first-order chi connectivity index (χ1) is 9.49. The number of nitrogens with zero attached hydrogens (tertiary/aromatic N) is 1. The molecule has 1 N–H and O–H groups in total. The van der Waals surface area contributed by atoms with Crippen LogP contribution in [0.15, 0.2) is 42.5 Å². The summed E-state index contributed by atoms with van der Waals surface area (Å²) in [6.45, 7) is 0. The van der Waals surface area contributed by atoms with E-state index in [1.54, 1.807) is 24.3 Å². The summed E-state index contributed by atoms with van der Waals surface area (Å²) in [5.74, 6) is 0.0484. The van der Waals surface area contributed by atoms with Crippen LogP contribution in [0.4, 0.5) is 5.69 Å². The third-order valence-electron chi connectivity index (χ3n) is 2.51. The first-order valence-electron chi connectivity index (χ1n) is 5.36. The Hall–Kier alpha value is -2.01. The number of nitro benzene ring substituents is 1. The summed E-state index contributed by atoms with van der Waals surface area (Å²) in [5, 5.41) is 11.2. The lowest BCUT2D eigenvalue weighted by molar-refractivity contribution is -0.384. The van der Waals surface area contributed by atoms with E-state index in [0.29, 0.717) is 10.6 Å². The molecule has 8 heteroatoms. The highest BCUT2D eigenvalue weighted by Crippen LogP contribution is 2.39. The lowest BCUT2D eigenvalue weighted by Crippen LogP contribution is -1.92. The van der Waals surface area contributed by atoms with Crippen LogP contribution in [0.3, 0.4) is 0 Å². The van der Waals surface area contributed by atoms with Gasteiger partial charge in [0.2, 0.25) is 0 Å². The molecule has 0 saturated carbocycles. The third kappa shape index (κ3) is 3.11. The summed E-state index contributed by atoms with van der Waals surface area (Å²) in [4.78, 5) is 19.1. The monoisotopic (exact) mass is 312 g/mol. The molecular weight excluding hydrogens is 305 g/mol. The van der Waals surface area contributed by atoms with Gasteiger partial charge in [0.1, 0.15) is 0 Å². The second kappa shape index (κ2) is 5.96. The zero-order valence-electron chi connectivity index (χ0n) is 9.89. The van der Waals surface area contributed by atoms with Crippen LogP contribution < -0.4 is 4.52 Å². The van der Waals surface area contributed by atoms with Crippen molar-refractivity contribution in [1.82, 2.24) is 0 Å². The van der Waals surface area contributed by atoms with Crippen LogP contribution in [0.2, 0.25) is 5.02 Å². The molecule has 20 heavy (non-hydrogen) atoms. The van der Waals surface area contributed by atoms with Crippen LogP contribution in [0.5, 0.6) is 5.75 Å². The first-order valence-corrected chi connectivity index (χ1v) is 6.87. The molecule has 0 heterocycles. The van der Waals surface area contributed by atoms with Crippen molar-refractivity contribution in [1.29, 1.82) is 0 Å². The van der Waals surface area contributed by atoms with Crippen LogP contribution >= 0.6 is 19.9 Å². The summed E-state index contributed by atoms with van der Waals surface area (Å²) in [6, 6.07) is 10.3. The molecule has 0 aliphatic rings. The fourth-order valence-corrected chi connectivity index (χ4v) is 2.25. The van der Waals surface area contributed by atoms with Crippen molar-refractivity contribution in [2.75, 3.05) is 0 Å². The van der Waals surface area contributed by atoms with Gasteiger partial charge in [0.15, 0.2) is 5.75 Å². The van der Waals surface area contributed by atoms with E-state index >= 15 is 0 Å². The van der Waals surface area contributed by atoms with Crippen LogP contribution in [0, 0.1) is 10.1 Å². The molecule has 0 fully saturated rings. The quantitative estimate of drug-likeness (QED) is 0.524. The van der Waals surface area contributed by atoms with Gasteiger partial charge in [0.05, 0.1) is 4.92 Å². The lowest BCUT2D eigenvalue weighted by Gasteiger charge is -2.06. The highest BCUT2D eigenvalue weighted by molar-refractivity contribution is 7.32. The van der Waals surface area contributed by atoms with Crippen molar-refractivity contribution >= 4 is 25.5 Å². The molecule has 1 atom stereocenters. The second-order valence-electron chi connectivity index (χ2n) is 3.75. The fourth-order valence-electron chi connectivity index (χ4n) is 1.69. The molecule has 0 spiro atoms. The van der Waals surface area contributed by atoms with Gasteiger partial charge in [0.25, 0.3) is 5.69 Å². The predicted octanol–water partition coefficient (Wildman–Crippen LogP) is 3.94. The molecule has 0 bridgehead atoms. The molecule has 0 radical (unpaired) electrons. The normalized spacial score (nSPS) is 11.0. The van der Waals surface area contributed by atoms with Gasteiger partial charge < -0.3 is 0 Å². The molecule has 2 rings (SSSR count). The molecule has 2 aromatic rings. The molecule has 2 aromatic carbocycles. The Kier molecular flexibility index (Phi) is 4.29. The van der Waals surface area contributed by atoms with Crippen LogP contribution in [0.1, 0.15) is 0 Å². The standard InChI is InChI=1S/C12H7ClNO5P/c13-11-4-2-1-3-9(11)10-7-8(14(15)16)5-6-12(10)19-20(17)18/h1-7H/p+1. The van der Waals surface area contributed by atoms with Crippen molar-refractivity contribution in [2.45, 2.75) is 0 Å². The zero-order valence-corrected chi connectivity index (χ0v) is 11.5. The number of hydrogen-bond donors (Lipinski definition) is 1. The van der Waals surface area contributed by atoms with E-state index in [1.165, 1.54) is 18.2 Å². The highest BCUT2D eigenvalue weighted by atomic mass is 35.5. The second-order valence-corrected chi connectivity index (χ2v) is 4.81. The minimum atomic E-state index is -2.88. The van der Waals surface area contributed by atoms with Crippen molar-refractivity contribution in [3.63, 3.8) is 0 Å². The van der Waals surface area contributed by atoms with Gasteiger partial charge >= 0.3 is 8.25 Å². The Balaban J connectivity index is 2.63. The maximum atomic E-state index is 10.8. The summed E-state index contributed by atoms with van der Waals surface area (Å²) >= 11 is 6.04. The Bertz CT molecular complexity index is 691. The topological polar surface area (TPSA) is 89.7 Å². The Labute approximate surface area is 119 Å². The summed E-state index contributed by atoms with van der Waals surface area (Å²) in [6.07, 6.45) is 0. The van der Waals surface area contributed by atoms with Crippen LogP contribution in [-0.4, -0.2) is 9.82 Å². The van der Waals surface area contributed by atoms with Gasteiger partial charge in [0, 0.05) is 32.8 Å². The van der Waals surface area contributed by atoms with E-state index in [2.05, 4.69) is 0 Å². The van der Waals surface area contributed by atoms with E-state index in [0.717, 1.165) is 0 Å². The average molecular weight is 313 g/mol. The lowest BCUT2D eigenvalue weighted by atomic mass is 10.0. The van der Waals surface area contributed by atoms with Crippen molar-refractivity contribution in [3.05, 3.63) is 57.6 Å². The number of non-ortho nitro benzene ring substituents is 1. The summed E-state index contributed by atoms with van der Waals surface area (Å²) < 4.78 is 15.6. The SMILES string of the molecule is O=[N+]([O-])c1ccc(O[P+](=O)O)c(-c2ccccc2Cl)c1. The Morgan fingerprint density at radius 2 is 1.90 bits per heavy atom. The van der Waals surface area contributed by atoms with E-state index < -0.39 is 13.2 Å². The average Bonchev–Trinajstić information content (AvgIpc) is 2.39. The molecule has 0 amide bonds. The fraction of sp³-hybridized carbons (Fsp3) is 0. The van der Waals surface area contributed by atoms with Gasteiger partial charge in [-0.25, -0.2) is 4.52 Å². The maximum absolute atomic E-state index is 10.8. The van der Waals surface area contributed by atoms with Crippen molar-refractivity contribution in [3.8, 4) is 16.9 Å². The number of rotatable bonds is 4. The number of nitro groups is 1. The molecule has 0 aromatic heterocycles. The molecule has 0 aliphatic heterocycles. The predicted molar refractivity (Wildman–Crippen MR) is 74.0 cm³/mol.